The zero-order chi connectivity index (χ0) is 15.8. The van der Waals surface area contributed by atoms with Crippen LogP contribution >= 0.6 is 11.8 Å². The van der Waals surface area contributed by atoms with Crippen LogP contribution < -0.4 is 5.32 Å². The van der Waals surface area contributed by atoms with Gasteiger partial charge in [0.1, 0.15) is 5.25 Å². The van der Waals surface area contributed by atoms with E-state index in [0.29, 0.717) is 6.54 Å². The lowest BCUT2D eigenvalue weighted by molar-refractivity contribution is -0.129. The lowest BCUT2D eigenvalue weighted by Gasteiger charge is -2.24. The minimum Gasteiger partial charge on any atom is -0.343 e. The second-order valence-electron chi connectivity index (χ2n) is 5.08. The summed E-state index contributed by atoms with van der Waals surface area (Å²) in [5, 5.41) is 2.86. The number of rotatable bonds is 7. The van der Waals surface area contributed by atoms with Crippen LogP contribution in [0.2, 0.25) is 0 Å². The van der Waals surface area contributed by atoms with Gasteiger partial charge in [0.15, 0.2) is 0 Å². The molecule has 0 saturated carbocycles. The molecule has 3 nitrogen and oxygen atoms in total. The molecule has 2 aromatic rings. The number of thioether (sulfide) groups is 1. The number of hydrogen-bond acceptors (Lipinski definition) is 3. The van der Waals surface area contributed by atoms with Crippen molar-refractivity contribution in [2.45, 2.75) is 10.1 Å². The van der Waals surface area contributed by atoms with Gasteiger partial charge in [0.2, 0.25) is 5.91 Å². The van der Waals surface area contributed by atoms with Gasteiger partial charge in [0.05, 0.1) is 0 Å². The Morgan fingerprint density at radius 1 is 1.09 bits per heavy atom. The van der Waals surface area contributed by atoms with Crippen LogP contribution in [0.3, 0.4) is 0 Å². The molecular weight excluding hydrogens is 292 g/mol. The van der Waals surface area contributed by atoms with E-state index in [1.54, 1.807) is 16.7 Å². The van der Waals surface area contributed by atoms with Crippen LogP contribution in [0.1, 0.15) is 10.8 Å². The van der Waals surface area contributed by atoms with Crippen LogP contribution in [-0.4, -0.2) is 38.0 Å². The highest BCUT2D eigenvalue weighted by Crippen LogP contribution is 2.36. The summed E-state index contributed by atoms with van der Waals surface area (Å²) in [4.78, 5) is 15.7. The van der Waals surface area contributed by atoms with Gasteiger partial charge in [-0.3, -0.25) is 4.79 Å². The van der Waals surface area contributed by atoms with Gasteiger partial charge in [-0.25, -0.2) is 0 Å². The van der Waals surface area contributed by atoms with E-state index in [1.165, 1.54) is 0 Å². The van der Waals surface area contributed by atoms with Crippen LogP contribution in [-0.2, 0) is 4.79 Å². The number of amides is 1. The van der Waals surface area contributed by atoms with Crippen molar-refractivity contribution in [3.63, 3.8) is 0 Å². The number of hydrogen-bond donors (Lipinski definition) is 1. The molecule has 0 aliphatic rings. The van der Waals surface area contributed by atoms with Crippen molar-refractivity contribution in [1.29, 1.82) is 0 Å². The summed E-state index contributed by atoms with van der Waals surface area (Å²) in [5.41, 5.74) is 1.04. The zero-order valence-corrected chi connectivity index (χ0v) is 13.8. The van der Waals surface area contributed by atoms with Gasteiger partial charge in [0.25, 0.3) is 0 Å². The maximum absolute atomic E-state index is 12.8. The van der Waals surface area contributed by atoms with E-state index < -0.39 is 0 Å². The lowest BCUT2D eigenvalue weighted by Crippen LogP contribution is -2.35. The number of benzene rings is 2. The lowest BCUT2D eigenvalue weighted by atomic mass is 10.1. The second kappa shape index (κ2) is 8.61. The molecule has 0 spiro atoms. The standard InChI is InChI=1S/C18H22N2OS/c1-19-13-14-20(2)18(21)17(15-9-5-3-6-10-15)22-16-11-7-4-8-12-16/h3-12,17,19H,13-14H2,1-2H3. The molecule has 116 valence electrons. The Labute approximate surface area is 136 Å². The van der Waals surface area contributed by atoms with Crippen molar-refractivity contribution >= 4 is 17.7 Å². The van der Waals surface area contributed by atoms with Crippen molar-refractivity contribution in [1.82, 2.24) is 10.2 Å². The fourth-order valence-corrected chi connectivity index (χ4v) is 3.27. The summed E-state index contributed by atoms with van der Waals surface area (Å²) >= 11 is 1.60. The maximum atomic E-state index is 12.8. The average Bonchev–Trinajstić information content (AvgIpc) is 2.58. The Morgan fingerprint density at radius 3 is 2.27 bits per heavy atom. The SMILES string of the molecule is CNCCN(C)C(=O)C(Sc1ccccc1)c1ccccc1. The molecule has 22 heavy (non-hydrogen) atoms. The van der Waals surface area contributed by atoms with Crippen molar-refractivity contribution in [2.24, 2.45) is 0 Å². The monoisotopic (exact) mass is 314 g/mol. The van der Waals surface area contributed by atoms with Crippen LogP contribution in [0.25, 0.3) is 0 Å². The Morgan fingerprint density at radius 2 is 1.68 bits per heavy atom. The first-order chi connectivity index (χ1) is 10.7. The van der Waals surface area contributed by atoms with Gasteiger partial charge in [-0.05, 0) is 24.7 Å². The highest BCUT2D eigenvalue weighted by Gasteiger charge is 2.24. The number of nitrogens with zero attached hydrogens (tertiary/aromatic N) is 1. The third-order valence-corrected chi connectivity index (χ3v) is 4.65. The molecule has 2 aromatic carbocycles. The predicted molar refractivity (Wildman–Crippen MR) is 93.0 cm³/mol. The number of carbonyl (C=O) groups is 1. The molecule has 1 N–H and O–H groups in total. The van der Waals surface area contributed by atoms with Crippen LogP contribution in [0, 0.1) is 0 Å². The van der Waals surface area contributed by atoms with E-state index in [2.05, 4.69) is 5.32 Å². The molecule has 0 fully saturated rings. The molecule has 0 bridgehead atoms. The molecule has 0 aliphatic carbocycles. The van der Waals surface area contributed by atoms with Crippen LogP contribution in [0.5, 0.6) is 0 Å². The molecule has 1 atom stereocenters. The summed E-state index contributed by atoms with van der Waals surface area (Å²) in [6.07, 6.45) is 0. The largest absolute Gasteiger partial charge is 0.343 e. The summed E-state index contributed by atoms with van der Waals surface area (Å²) in [6.45, 7) is 1.49. The van der Waals surface area contributed by atoms with Gasteiger partial charge in [-0.15, -0.1) is 11.8 Å². The van der Waals surface area contributed by atoms with Gasteiger partial charge in [0, 0.05) is 25.0 Å². The Balaban J connectivity index is 2.20. The first kappa shape index (κ1) is 16.6. The van der Waals surface area contributed by atoms with Crippen molar-refractivity contribution < 1.29 is 4.79 Å². The van der Waals surface area contributed by atoms with E-state index >= 15 is 0 Å². The maximum Gasteiger partial charge on any atom is 0.240 e. The highest BCUT2D eigenvalue weighted by molar-refractivity contribution is 8.00. The molecule has 0 heterocycles. The van der Waals surface area contributed by atoms with E-state index in [-0.39, 0.29) is 11.2 Å². The normalized spacial score (nSPS) is 11.9. The molecule has 0 aromatic heterocycles. The number of carbonyl (C=O) groups excluding carboxylic acids is 1. The Bertz CT molecular complexity index is 574. The molecule has 4 heteroatoms. The van der Waals surface area contributed by atoms with Gasteiger partial charge >= 0.3 is 0 Å². The highest BCUT2D eigenvalue weighted by atomic mass is 32.2. The van der Waals surface area contributed by atoms with E-state index in [0.717, 1.165) is 17.0 Å². The summed E-state index contributed by atoms with van der Waals surface area (Å²) in [6, 6.07) is 20.0. The van der Waals surface area contributed by atoms with Crippen LogP contribution in [0.15, 0.2) is 65.6 Å². The third kappa shape index (κ3) is 4.61. The minimum atomic E-state index is -0.217. The zero-order valence-electron chi connectivity index (χ0n) is 13.0. The minimum absolute atomic E-state index is 0.135. The topological polar surface area (TPSA) is 32.3 Å². The molecule has 2 rings (SSSR count). The molecular formula is C18H22N2OS. The fraction of sp³-hybridized carbons (Fsp3) is 0.278. The van der Waals surface area contributed by atoms with Gasteiger partial charge in [-0.1, -0.05) is 48.5 Å². The molecule has 0 saturated heterocycles. The third-order valence-electron chi connectivity index (χ3n) is 3.40. The summed E-state index contributed by atoms with van der Waals surface area (Å²) in [5.74, 6) is 0.135. The number of likely N-dealkylation sites (N-methyl/N-ethyl adjacent to an activating group) is 2. The Kier molecular flexibility index (Phi) is 6.49. The fourth-order valence-electron chi connectivity index (χ4n) is 2.11. The van der Waals surface area contributed by atoms with E-state index in [9.17, 15) is 4.79 Å². The van der Waals surface area contributed by atoms with Crippen molar-refractivity contribution in [2.75, 3.05) is 27.2 Å². The smallest absolute Gasteiger partial charge is 0.240 e. The Hall–Kier alpha value is -1.78. The van der Waals surface area contributed by atoms with Gasteiger partial charge < -0.3 is 10.2 Å². The first-order valence-electron chi connectivity index (χ1n) is 7.38. The number of nitrogens with one attached hydrogen (secondary N) is 1. The molecule has 1 amide bonds. The van der Waals surface area contributed by atoms with Crippen LogP contribution in [0.4, 0.5) is 0 Å². The van der Waals surface area contributed by atoms with E-state index in [1.807, 2.05) is 74.8 Å². The second-order valence-corrected chi connectivity index (χ2v) is 6.26. The summed E-state index contributed by atoms with van der Waals surface area (Å²) in [7, 11) is 3.76. The summed E-state index contributed by atoms with van der Waals surface area (Å²) < 4.78 is 0. The van der Waals surface area contributed by atoms with Crippen molar-refractivity contribution in [3.05, 3.63) is 66.2 Å². The average molecular weight is 314 g/mol. The first-order valence-corrected chi connectivity index (χ1v) is 8.26. The molecule has 1 unspecified atom stereocenters. The van der Waals surface area contributed by atoms with Gasteiger partial charge in [-0.2, -0.15) is 0 Å². The molecule has 0 radical (unpaired) electrons. The quantitative estimate of drug-likeness (QED) is 0.797. The molecule has 0 aliphatic heterocycles. The van der Waals surface area contributed by atoms with Crippen molar-refractivity contribution in [3.8, 4) is 0 Å². The van der Waals surface area contributed by atoms with E-state index in [4.69, 9.17) is 0 Å². The predicted octanol–water partition coefficient (Wildman–Crippen LogP) is 3.20.